The van der Waals surface area contributed by atoms with Gasteiger partial charge in [0.15, 0.2) is 0 Å². The molecule has 0 heterocycles. The van der Waals surface area contributed by atoms with Crippen LogP contribution in [0.5, 0.6) is 0 Å². The number of anilines is 1. The van der Waals surface area contributed by atoms with Crippen molar-refractivity contribution in [1.82, 2.24) is 5.32 Å². The van der Waals surface area contributed by atoms with E-state index in [1.807, 2.05) is 6.92 Å². The third-order valence-electron chi connectivity index (χ3n) is 7.44. The lowest BCUT2D eigenvalue weighted by Crippen LogP contribution is -2.61. The predicted molar refractivity (Wildman–Crippen MR) is 126 cm³/mol. The lowest BCUT2D eigenvalue weighted by atomic mass is 9.53. The van der Waals surface area contributed by atoms with Gasteiger partial charge in [0.2, 0.25) is 5.91 Å². The quantitative estimate of drug-likeness (QED) is 0.648. The third kappa shape index (κ3) is 4.15. The first-order valence-electron chi connectivity index (χ1n) is 11.4. The molecule has 0 radical (unpaired) electrons. The second-order valence-electron chi connectivity index (χ2n) is 10.1. The summed E-state index contributed by atoms with van der Waals surface area (Å²) in [6, 6.07) is 13.3. The fourth-order valence-corrected chi connectivity index (χ4v) is 8.11. The number of rotatable bonds is 6. The van der Waals surface area contributed by atoms with E-state index in [1.54, 1.807) is 48.5 Å². The molecule has 6 rings (SSSR count). The highest BCUT2D eigenvalue weighted by Crippen LogP contribution is 2.55. The molecule has 4 bridgehead atoms. The van der Waals surface area contributed by atoms with Gasteiger partial charge in [0.1, 0.15) is 6.54 Å². The molecule has 0 unspecified atom stereocenters. The van der Waals surface area contributed by atoms with Gasteiger partial charge < -0.3 is 5.32 Å². The summed E-state index contributed by atoms with van der Waals surface area (Å²) < 4.78 is 28.3. The van der Waals surface area contributed by atoms with Crippen molar-refractivity contribution < 1.29 is 13.2 Å². The molecular formula is C25H29ClN2O3S. The molecular weight excluding hydrogens is 444 g/mol. The van der Waals surface area contributed by atoms with E-state index in [0.717, 1.165) is 24.8 Å². The molecule has 1 amide bonds. The lowest BCUT2D eigenvalue weighted by Gasteiger charge is -2.57. The van der Waals surface area contributed by atoms with Crippen LogP contribution in [0.15, 0.2) is 53.4 Å². The molecule has 7 heteroatoms. The van der Waals surface area contributed by atoms with E-state index in [0.29, 0.717) is 28.5 Å². The van der Waals surface area contributed by atoms with Crippen LogP contribution in [0.3, 0.4) is 0 Å². The monoisotopic (exact) mass is 472 g/mol. The van der Waals surface area contributed by atoms with Gasteiger partial charge in [0.05, 0.1) is 10.6 Å². The normalized spacial score (nSPS) is 28.5. The van der Waals surface area contributed by atoms with Crippen molar-refractivity contribution in [3.8, 4) is 0 Å². The molecule has 2 aromatic rings. The number of halogens is 1. The molecule has 0 aromatic heterocycles. The molecule has 4 aliphatic rings. The summed E-state index contributed by atoms with van der Waals surface area (Å²) in [4.78, 5) is 13.4. The maximum atomic E-state index is 13.6. The Balaban J connectivity index is 1.42. The molecule has 5 nitrogen and oxygen atoms in total. The van der Waals surface area contributed by atoms with Crippen molar-refractivity contribution in [2.45, 2.75) is 55.9 Å². The first-order valence-corrected chi connectivity index (χ1v) is 13.2. The minimum Gasteiger partial charge on any atom is -0.349 e. The standard InChI is InChI=1S/C25H29ClN2O3S/c1-17-5-7-23(8-6-17)32(30,31)28(22-4-2-3-21(26)12-22)16-24(29)27-25-13-18-9-19(14-25)11-20(10-18)15-25/h2-8,12,18-20H,9-11,13-16H2,1H3,(H,27,29). The van der Waals surface area contributed by atoms with Gasteiger partial charge in [0.25, 0.3) is 10.0 Å². The average molecular weight is 473 g/mol. The highest BCUT2D eigenvalue weighted by Gasteiger charge is 2.51. The molecule has 0 aliphatic heterocycles. The number of carbonyl (C=O) groups excluding carboxylic acids is 1. The summed E-state index contributed by atoms with van der Waals surface area (Å²) in [6.07, 6.45) is 6.91. The largest absolute Gasteiger partial charge is 0.349 e. The number of aryl methyl sites for hydroxylation is 1. The Hall–Kier alpha value is -2.05. The van der Waals surface area contributed by atoms with Crippen LogP contribution < -0.4 is 9.62 Å². The molecule has 0 atom stereocenters. The van der Waals surface area contributed by atoms with Crippen LogP contribution >= 0.6 is 11.6 Å². The van der Waals surface area contributed by atoms with Gasteiger partial charge in [-0.25, -0.2) is 8.42 Å². The fourth-order valence-electron chi connectivity index (χ4n) is 6.51. The highest BCUT2D eigenvalue weighted by atomic mass is 35.5. The van der Waals surface area contributed by atoms with Gasteiger partial charge in [-0.1, -0.05) is 35.4 Å². The second-order valence-corrected chi connectivity index (χ2v) is 12.3. The second kappa shape index (κ2) is 8.07. The Kier molecular flexibility index (Phi) is 5.49. The van der Waals surface area contributed by atoms with Crippen molar-refractivity contribution >= 4 is 33.2 Å². The van der Waals surface area contributed by atoms with Crippen LogP contribution in [0.4, 0.5) is 5.69 Å². The number of benzene rings is 2. The van der Waals surface area contributed by atoms with E-state index in [1.165, 1.54) is 23.6 Å². The van der Waals surface area contributed by atoms with Crippen LogP contribution in [0.25, 0.3) is 0 Å². The highest BCUT2D eigenvalue weighted by molar-refractivity contribution is 7.92. The number of hydrogen-bond acceptors (Lipinski definition) is 3. The van der Waals surface area contributed by atoms with E-state index in [-0.39, 0.29) is 22.9 Å². The first kappa shape index (κ1) is 21.8. The maximum absolute atomic E-state index is 13.6. The van der Waals surface area contributed by atoms with Crippen LogP contribution in [-0.2, 0) is 14.8 Å². The summed E-state index contributed by atoms with van der Waals surface area (Å²) >= 11 is 6.17. The molecule has 4 saturated carbocycles. The molecule has 4 fully saturated rings. The summed E-state index contributed by atoms with van der Waals surface area (Å²) in [6.45, 7) is 1.64. The topological polar surface area (TPSA) is 66.5 Å². The minimum absolute atomic E-state index is 0.158. The van der Waals surface area contributed by atoms with Gasteiger partial charge in [-0.3, -0.25) is 9.10 Å². The molecule has 0 saturated heterocycles. The predicted octanol–water partition coefficient (Wildman–Crippen LogP) is 4.93. The van der Waals surface area contributed by atoms with Crippen LogP contribution in [-0.4, -0.2) is 26.4 Å². The van der Waals surface area contributed by atoms with Crippen LogP contribution in [0, 0.1) is 24.7 Å². The number of nitrogens with zero attached hydrogens (tertiary/aromatic N) is 1. The van der Waals surface area contributed by atoms with Gasteiger partial charge in [-0.05, 0) is 93.5 Å². The zero-order valence-corrected chi connectivity index (χ0v) is 19.8. The summed E-state index contributed by atoms with van der Waals surface area (Å²) in [7, 11) is -3.93. The molecule has 32 heavy (non-hydrogen) atoms. The number of nitrogens with one attached hydrogen (secondary N) is 1. The zero-order chi connectivity index (χ0) is 22.5. The molecule has 0 spiro atoms. The third-order valence-corrected chi connectivity index (χ3v) is 9.46. The Morgan fingerprint density at radius 1 is 1.03 bits per heavy atom. The smallest absolute Gasteiger partial charge is 0.264 e. The molecule has 1 N–H and O–H groups in total. The summed E-state index contributed by atoms with van der Waals surface area (Å²) in [5, 5.41) is 3.72. The Morgan fingerprint density at radius 3 is 2.19 bits per heavy atom. The van der Waals surface area contributed by atoms with Crippen LogP contribution in [0.2, 0.25) is 5.02 Å². The number of hydrogen-bond donors (Lipinski definition) is 1. The van der Waals surface area contributed by atoms with Gasteiger partial charge in [0, 0.05) is 10.6 Å². The summed E-state index contributed by atoms with van der Waals surface area (Å²) in [5.41, 5.74) is 1.19. The molecule has 2 aromatic carbocycles. The van der Waals surface area contributed by atoms with Crippen molar-refractivity contribution in [2.24, 2.45) is 17.8 Å². The van der Waals surface area contributed by atoms with E-state index in [4.69, 9.17) is 11.6 Å². The van der Waals surface area contributed by atoms with Crippen molar-refractivity contribution in [3.05, 3.63) is 59.1 Å². The van der Waals surface area contributed by atoms with E-state index in [9.17, 15) is 13.2 Å². The van der Waals surface area contributed by atoms with Gasteiger partial charge in [-0.15, -0.1) is 0 Å². The zero-order valence-electron chi connectivity index (χ0n) is 18.3. The average Bonchev–Trinajstić information content (AvgIpc) is 2.71. The van der Waals surface area contributed by atoms with Crippen molar-refractivity contribution in [3.63, 3.8) is 0 Å². The van der Waals surface area contributed by atoms with E-state index >= 15 is 0 Å². The number of carbonyl (C=O) groups is 1. The lowest BCUT2D eigenvalue weighted by molar-refractivity contribution is -0.125. The van der Waals surface area contributed by atoms with Crippen LogP contribution in [0.1, 0.15) is 44.1 Å². The Labute approximate surface area is 195 Å². The SMILES string of the molecule is Cc1ccc(S(=O)(=O)N(CC(=O)NC23CC4CC(CC(C4)C2)C3)c2cccc(Cl)c2)cc1. The van der Waals surface area contributed by atoms with Crippen molar-refractivity contribution in [1.29, 1.82) is 0 Å². The Morgan fingerprint density at radius 2 is 1.62 bits per heavy atom. The van der Waals surface area contributed by atoms with Gasteiger partial charge >= 0.3 is 0 Å². The van der Waals surface area contributed by atoms with E-state index < -0.39 is 10.0 Å². The first-order chi connectivity index (χ1) is 15.2. The number of amides is 1. The minimum atomic E-state index is -3.93. The molecule has 4 aliphatic carbocycles. The Bertz CT molecular complexity index is 1090. The van der Waals surface area contributed by atoms with Crippen molar-refractivity contribution in [2.75, 3.05) is 10.8 Å². The van der Waals surface area contributed by atoms with E-state index in [2.05, 4.69) is 5.32 Å². The number of sulfonamides is 1. The molecule has 170 valence electrons. The summed E-state index contributed by atoms with van der Waals surface area (Å²) in [5.74, 6) is 1.84. The maximum Gasteiger partial charge on any atom is 0.264 e. The van der Waals surface area contributed by atoms with Gasteiger partial charge in [-0.2, -0.15) is 0 Å². The fraction of sp³-hybridized carbons (Fsp3) is 0.480.